The highest BCUT2D eigenvalue weighted by molar-refractivity contribution is 5.91. The van der Waals surface area contributed by atoms with Crippen LogP contribution in [0.25, 0.3) is 22.3 Å². The predicted octanol–water partition coefficient (Wildman–Crippen LogP) is 7.44. The number of benzene rings is 3. The fourth-order valence-corrected chi connectivity index (χ4v) is 4.75. The van der Waals surface area contributed by atoms with Gasteiger partial charge >= 0.3 is 17.9 Å². The lowest BCUT2D eigenvalue weighted by Gasteiger charge is -2.16. The number of hydrogen-bond acceptors (Lipinski definition) is 6. The second-order valence-electron chi connectivity index (χ2n) is 10.6. The molecule has 0 heterocycles. The molecule has 0 spiro atoms. The van der Waals surface area contributed by atoms with Gasteiger partial charge in [-0.15, -0.1) is 0 Å². The van der Waals surface area contributed by atoms with Crippen molar-refractivity contribution >= 4 is 17.9 Å². The van der Waals surface area contributed by atoms with E-state index in [-0.39, 0.29) is 34.5 Å². The topological polar surface area (TPSA) is 78.9 Å². The molecule has 0 aliphatic heterocycles. The molecule has 210 valence electrons. The van der Waals surface area contributed by atoms with E-state index in [0.29, 0.717) is 17.7 Å². The summed E-state index contributed by atoms with van der Waals surface area (Å²) in [6.45, 7) is 18.1. The Bertz CT molecular complexity index is 1590. The van der Waals surface area contributed by atoms with Crippen molar-refractivity contribution in [3.8, 4) is 33.8 Å². The molecule has 4 rings (SSSR count). The van der Waals surface area contributed by atoms with Gasteiger partial charge in [-0.3, -0.25) is 0 Å². The van der Waals surface area contributed by atoms with Crippen LogP contribution >= 0.6 is 0 Å². The summed E-state index contributed by atoms with van der Waals surface area (Å²) >= 11 is 0. The van der Waals surface area contributed by atoms with Crippen LogP contribution in [-0.2, 0) is 25.5 Å². The van der Waals surface area contributed by atoms with E-state index in [0.717, 1.165) is 35.1 Å². The Hall–Kier alpha value is -4.71. The third-order valence-electron chi connectivity index (χ3n) is 7.02. The zero-order valence-electron chi connectivity index (χ0n) is 24.0. The fourth-order valence-electron chi connectivity index (χ4n) is 4.75. The SMILES string of the molecule is C=C(C)C(=O)OCC1CCc2ccc(-c3ccc(-c4ccc(OC(=O)C(=C)C)cc4OC(=O)C(=C)C)cc3C)cc21. The van der Waals surface area contributed by atoms with E-state index >= 15 is 0 Å². The van der Waals surface area contributed by atoms with E-state index in [1.54, 1.807) is 32.9 Å². The molecule has 0 N–H and O–H groups in total. The Kier molecular flexibility index (Phi) is 8.72. The van der Waals surface area contributed by atoms with Crippen LogP contribution in [-0.4, -0.2) is 24.5 Å². The summed E-state index contributed by atoms with van der Waals surface area (Å²) in [5, 5.41) is 0. The molecule has 3 aromatic carbocycles. The first-order valence-corrected chi connectivity index (χ1v) is 13.4. The number of carbonyl (C=O) groups excluding carboxylic acids is 3. The summed E-state index contributed by atoms with van der Waals surface area (Å²) in [4.78, 5) is 36.4. The highest BCUT2D eigenvalue weighted by Crippen LogP contribution is 2.39. The molecule has 41 heavy (non-hydrogen) atoms. The van der Waals surface area contributed by atoms with Gasteiger partial charge in [-0.25, -0.2) is 14.4 Å². The number of aryl methyl sites for hydroxylation is 2. The van der Waals surface area contributed by atoms with Crippen LogP contribution in [0.4, 0.5) is 0 Å². The van der Waals surface area contributed by atoms with E-state index in [1.165, 1.54) is 17.2 Å². The van der Waals surface area contributed by atoms with Crippen molar-refractivity contribution in [2.45, 2.75) is 46.5 Å². The lowest BCUT2D eigenvalue weighted by molar-refractivity contribution is -0.139. The molecule has 0 saturated heterocycles. The maximum Gasteiger partial charge on any atom is 0.338 e. The average Bonchev–Trinajstić information content (AvgIpc) is 3.33. The molecule has 1 aliphatic rings. The molecule has 6 heteroatoms. The van der Waals surface area contributed by atoms with Crippen molar-refractivity contribution in [3.05, 3.63) is 108 Å². The van der Waals surface area contributed by atoms with Gasteiger partial charge in [0.05, 0.1) is 6.61 Å². The highest BCUT2D eigenvalue weighted by Gasteiger charge is 2.25. The van der Waals surface area contributed by atoms with Crippen molar-refractivity contribution in [1.29, 1.82) is 0 Å². The van der Waals surface area contributed by atoms with E-state index in [1.807, 2.05) is 25.1 Å². The third kappa shape index (κ3) is 6.72. The molecule has 0 fully saturated rings. The van der Waals surface area contributed by atoms with Crippen LogP contribution in [0.15, 0.2) is 91.1 Å². The first-order valence-electron chi connectivity index (χ1n) is 13.4. The number of esters is 3. The lowest BCUT2D eigenvalue weighted by atomic mass is 9.92. The van der Waals surface area contributed by atoms with Gasteiger partial charge < -0.3 is 14.2 Å². The van der Waals surface area contributed by atoms with Gasteiger partial charge in [0.15, 0.2) is 0 Å². The van der Waals surface area contributed by atoms with Crippen LogP contribution in [0.2, 0.25) is 0 Å². The number of carbonyl (C=O) groups is 3. The van der Waals surface area contributed by atoms with Crippen molar-refractivity contribution in [2.24, 2.45) is 0 Å². The summed E-state index contributed by atoms with van der Waals surface area (Å²) < 4.78 is 16.4. The monoisotopic (exact) mass is 550 g/mol. The summed E-state index contributed by atoms with van der Waals surface area (Å²) in [6.07, 6.45) is 1.88. The maximum atomic E-state index is 12.4. The van der Waals surface area contributed by atoms with Crippen LogP contribution in [0.3, 0.4) is 0 Å². The first-order chi connectivity index (χ1) is 19.4. The van der Waals surface area contributed by atoms with Crippen LogP contribution in [0.5, 0.6) is 11.5 Å². The molecular weight excluding hydrogens is 516 g/mol. The minimum Gasteiger partial charge on any atom is -0.462 e. The predicted molar refractivity (Wildman–Crippen MR) is 160 cm³/mol. The third-order valence-corrected chi connectivity index (χ3v) is 7.02. The summed E-state index contributed by atoms with van der Waals surface area (Å²) in [7, 11) is 0. The zero-order valence-corrected chi connectivity index (χ0v) is 24.0. The Morgan fingerprint density at radius 2 is 1.37 bits per heavy atom. The molecule has 0 amide bonds. The standard InChI is InChI=1S/C35H34O6/c1-20(2)33(36)39-19-27-11-9-24-8-10-26(17-31(24)27)29-14-12-25(16-23(29)7)30-15-13-28(40-34(37)21(3)4)18-32(30)41-35(38)22(5)6/h8,10,12-18,27H,1,3,5,9,11,19H2,2,4,6-7H3. The van der Waals surface area contributed by atoms with Crippen molar-refractivity contribution in [1.82, 2.24) is 0 Å². The Balaban J connectivity index is 1.65. The summed E-state index contributed by atoms with van der Waals surface area (Å²) in [5.41, 5.74) is 8.04. The molecule has 1 aliphatic carbocycles. The van der Waals surface area contributed by atoms with Gasteiger partial charge in [0.1, 0.15) is 11.5 Å². The molecule has 3 aromatic rings. The molecule has 0 aromatic heterocycles. The highest BCUT2D eigenvalue weighted by atomic mass is 16.5. The van der Waals surface area contributed by atoms with E-state index in [4.69, 9.17) is 14.2 Å². The largest absolute Gasteiger partial charge is 0.462 e. The van der Waals surface area contributed by atoms with E-state index < -0.39 is 11.9 Å². The van der Waals surface area contributed by atoms with Gasteiger partial charge in [-0.1, -0.05) is 56.1 Å². The average molecular weight is 551 g/mol. The molecule has 0 radical (unpaired) electrons. The zero-order chi connectivity index (χ0) is 29.8. The smallest absolute Gasteiger partial charge is 0.338 e. The minimum atomic E-state index is -0.579. The molecule has 6 nitrogen and oxygen atoms in total. The lowest BCUT2D eigenvalue weighted by Crippen LogP contribution is -2.11. The number of hydrogen-bond donors (Lipinski definition) is 0. The van der Waals surface area contributed by atoms with Gasteiger partial charge in [0.25, 0.3) is 0 Å². The number of fused-ring (bicyclic) bond motifs is 1. The second-order valence-corrected chi connectivity index (χ2v) is 10.6. The van der Waals surface area contributed by atoms with Crippen LogP contribution in [0, 0.1) is 6.92 Å². The summed E-state index contributed by atoms with van der Waals surface area (Å²) in [6, 6.07) is 17.4. The minimum absolute atomic E-state index is 0.149. The van der Waals surface area contributed by atoms with E-state index in [2.05, 4.69) is 37.9 Å². The van der Waals surface area contributed by atoms with Gasteiger partial charge in [-0.05, 0) is 86.1 Å². The maximum absolute atomic E-state index is 12.4. The van der Waals surface area contributed by atoms with Crippen LogP contribution in [0.1, 0.15) is 49.8 Å². The van der Waals surface area contributed by atoms with Gasteiger partial charge in [-0.2, -0.15) is 0 Å². The Morgan fingerprint density at radius 3 is 2.02 bits per heavy atom. The van der Waals surface area contributed by atoms with Crippen molar-refractivity contribution < 1.29 is 28.6 Å². The quantitative estimate of drug-likeness (QED) is 0.157. The molecule has 0 saturated carbocycles. The molecule has 1 atom stereocenters. The normalized spacial score (nSPS) is 13.6. The fraction of sp³-hybridized carbons (Fsp3) is 0.229. The summed E-state index contributed by atoms with van der Waals surface area (Å²) in [5.74, 6) is -0.874. The van der Waals surface area contributed by atoms with Crippen LogP contribution < -0.4 is 9.47 Å². The molecular formula is C35H34O6. The van der Waals surface area contributed by atoms with Gasteiger partial charge in [0.2, 0.25) is 0 Å². The number of ether oxygens (including phenoxy) is 3. The second kappa shape index (κ2) is 12.2. The molecule has 0 bridgehead atoms. The van der Waals surface area contributed by atoms with Gasteiger partial charge in [0, 0.05) is 34.3 Å². The first kappa shape index (κ1) is 29.3. The van der Waals surface area contributed by atoms with Crippen molar-refractivity contribution in [2.75, 3.05) is 6.61 Å². The van der Waals surface area contributed by atoms with E-state index in [9.17, 15) is 14.4 Å². The Morgan fingerprint density at radius 1 is 0.756 bits per heavy atom. The molecule has 1 unspecified atom stereocenters. The van der Waals surface area contributed by atoms with Crippen molar-refractivity contribution in [3.63, 3.8) is 0 Å². The number of rotatable bonds is 9. The Labute approximate surface area is 241 Å².